The number of nitrogens with two attached hydrogens (primary N) is 1. The third kappa shape index (κ3) is 24.0. The SMILES string of the molecule is CCCCCCCCCCCCCC(=O)OC[C@H](COP(=O)(O)OC1[C@H](O[C@H]2OC(CO)[C@@H](O)C(O)C2O)C(O)C(O)[C@H](O)[C@@H]1OC[C@@H](N)C(=O)O)OC(=O)CCCCCCCCCCCCC. The fourth-order valence-electron chi connectivity index (χ4n) is 8.11. The lowest BCUT2D eigenvalue weighted by molar-refractivity contribution is -0.339. The Bertz CT molecular complexity index is 1410. The van der Waals surface area contributed by atoms with E-state index in [-0.39, 0.29) is 12.8 Å². The molecule has 0 radical (unpaired) electrons. The number of hydrogen-bond donors (Lipinski definition) is 10. The Morgan fingerprint density at radius 3 is 1.53 bits per heavy atom. The fraction of sp³-hybridized carbons (Fsp3) is 0.935. The van der Waals surface area contributed by atoms with Crippen molar-refractivity contribution in [2.75, 3.05) is 26.4 Å². The summed E-state index contributed by atoms with van der Waals surface area (Å²) in [6, 6.07) is -1.73. The van der Waals surface area contributed by atoms with Crippen molar-refractivity contribution in [1.82, 2.24) is 0 Å². The number of aliphatic hydroxyl groups is 7. The van der Waals surface area contributed by atoms with Crippen LogP contribution < -0.4 is 5.73 Å². The second-order valence-electron chi connectivity index (χ2n) is 18.2. The van der Waals surface area contributed by atoms with Crippen LogP contribution in [0.2, 0.25) is 0 Å². The fourth-order valence-corrected chi connectivity index (χ4v) is 9.07. The first-order chi connectivity index (χ1) is 32.5. The van der Waals surface area contributed by atoms with Gasteiger partial charge in [-0.15, -0.1) is 0 Å². The zero-order valence-electron chi connectivity index (χ0n) is 40.3. The van der Waals surface area contributed by atoms with E-state index in [2.05, 4.69) is 13.8 Å². The van der Waals surface area contributed by atoms with E-state index in [1.807, 2.05) is 0 Å². The molecule has 0 spiro atoms. The summed E-state index contributed by atoms with van der Waals surface area (Å²) in [5.41, 5.74) is 5.57. The normalized spacial score (nSPS) is 28.1. The quantitative estimate of drug-likeness (QED) is 0.0239. The van der Waals surface area contributed by atoms with Crippen LogP contribution in [0.15, 0.2) is 0 Å². The second-order valence-corrected chi connectivity index (χ2v) is 19.6. The zero-order chi connectivity index (χ0) is 50.5. The van der Waals surface area contributed by atoms with Gasteiger partial charge in [-0.25, -0.2) is 4.57 Å². The summed E-state index contributed by atoms with van der Waals surface area (Å²) >= 11 is 0. The van der Waals surface area contributed by atoms with Gasteiger partial charge in [0.25, 0.3) is 0 Å². The van der Waals surface area contributed by atoms with E-state index in [0.717, 1.165) is 57.8 Å². The van der Waals surface area contributed by atoms with Crippen LogP contribution in [-0.4, -0.2) is 170 Å². The molecule has 22 heteroatoms. The molecule has 7 unspecified atom stereocenters. The monoisotopic (exact) mass is 1000 g/mol. The predicted octanol–water partition coefficient (Wildman–Crippen LogP) is 3.42. The number of rotatable bonds is 39. The molecule has 400 valence electrons. The number of hydrogen-bond acceptors (Lipinski definition) is 19. The second kappa shape index (κ2) is 35.2. The summed E-state index contributed by atoms with van der Waals surface area (Å²) in [6.45, 7) is 1.14. The maximum atomic E-state index is 13.7. The third-order valence-electron chi connectivity index (χ3n) is 12.3. The topological polar surface area (TPSA) is 341 Å². The number of aliphatic hydroxyl groups excluding tert-OH is 7. The van der Waals surface area contributed by atoms with Crippen LogP contribution in [-0.2, 0) is 51.7 Å². The number of esters is 2. The van der Waals surface area contributed by atoms with Crippen molar-refractivity contribution in [2.24, 2.45) is 5.73 Å². The molecule has 2 fully saturated rings. The molecule has 0 aromatic heterocycles. The molecule has 1 heterocycles. The minimum Gasteiger partial charge on any atom is -0.480 e. The van der Waals surface area contributed by atoms with Gasteiger partial charge >= 0.3 is 25.7 Å². The number of carbonyl (C=O) groups excluding carboxylic acids is 2. The first-order valence-electron chi connectivity index (χ1n) is 25.1. The molecule has 1 saturated carbocycles. The van der Waals surface area contributed by atoms with Crippen LogP contribution in [0.4, 0.5) is 0 Å². The van der Waals surface area contributed by atoms with E-state index >= 15 is 0 Å². The molecule has 0 aromatic carbocycles. The van der Waals surface area contributed by atoms with Crippen LogP contribution in [0.25, 0.3) is 0 Å². The molecule has 0 bridgehead atoms. The lowest BCUT2D eigenvalue weighted by Crippen LogP contribution is -2.68. The molecule has 1 aliphatic heterocycles. The number of aliphatic carboxylic acids is 1. The van der Waals surface area contributed by atoms with Gasteiger partial charge in [0.1, 0.15) is 73.7 Å². The summed E-state index contributed by atoms with van der Waals surface area (Å²) in [4.78, 5) is 48.4. The van der Waals surface area contributed by atoms with Crippen LogP contribution in [0.1, 0.15) is 168 Å². The van der Waals surface area contributed by atoms with E-state index in [9.17, 15) is 64.7 Å². The summed E-state index contributed by atoms with van der Waals surface area (Å²) in [7, 11) is -5.49. The molecule has 68 heavy (non-hydrogen) atoms. The molecule has 0 amide bonds. The van der Waals surface area contributed by atoms with Crippen molar-refractivity contribution in [3.05, 3.63) is 0 Å². The smallest absolute Gasteiger partial charge is 0.472 e. The maximum Gasteiger partial charge on any atom is 0.472 e. The molecule has 2 rings (SSSR count). The van der Waals surface area contributed by atoms with Gasteiger partial charge in [-0.1, -0.05) is 142 Å². The highest BCUT2D eigenvalue weighted by Crippen LogP contribution is 2.48. The molecule has 14 atom stereocenters. The van der Waals surface area contributed by atoms with E-state index in [0.29, 0.717) is 12.8 Å². The molecule has 11 N–H and O–H groups in total. The van der Waals surface area contributed by atoms with Gasteiger partial charge in [-0.2, -0.15) is 0 Å². The van der Waals surface area contributed by atoms with E-state index in [1.54, 1.807) is 0 Å². The Labute approximate surface area is 401 Å². The lowest BCUT2D eigenvalue weighted by atomic mass is 9.84. The van der Waals surface area contributed by atoms with E-state index in [4.69, 9.17) is 38.5 Å². The summed E-state index contributed by atoms with van der Waals surface area (Å²) in [5.74, 6) is -2.83. The minimum absolute atomic E-state index is 0.00212. The Morgan fingerprint density at radius 2 is 1.04 bits per heavy atom. The number of carbonyl (C=O) groups is 3. The molecule has 1 saturated heterocycles. The Kier molecular flexibility index (Phi) is 32.2. The number of carboxylic acid groups (broad SMARTS) is 1. The summed E-state index contributed by atoms with van der Waals surface area (Å²) in [5, 5.41) is 83.1. The molecular weight excluding hydrogens is 917 g/mol. The molecule has 21 nitrogen and oxygen atoms in total. The number of unbranched alkanes of at least 4 members (excludes halogenated alkanes) is 20. The number of carboxylic acids is 1. The van der Waals surface area contributed by atoms with Gasteiger partial charge in [0, 0.05) is 12.8 Å². The van der Waals surface area contributed by atoms with E-state index < -0.39 is 132 Å². The molecule has 1 aliphatic carbocycles. The van der Waals surface area contributed by atoms with Crippen molar-refractivity contribution in [1.29, 1.82) is 0 Å². The van der Waals surface area contributed by atoms with Gasteiger partial charge in [0.15, 0.2) is 12.4 Å². The number of ether oxygens (including phenoxy) is 5. The van der Waals surface area contributed by atoms with Gasteiger partial charge in [0.2, 0.25) is 0 Å². The Hall–Kier alpha value is -1.92. The highest BCUT2D eigenvalue weighted by molar-refractivity contribution is 7.47. The average molecular weight is 1000 g/mol. The van der Waals surface area contributed by atoms with E-state index in [1.165, 1.54) is 70.6 Å². The maximum absolute atomic E-state index is 13.7. The van der Waals surface area contributed by atoms with Crippen molar-refractivity contribution < 1.29 is 97.4 Å². The third-order valence-corrected chi connectivity index (χ3v) is 13.3. The van der Waals surface area contributed by atoms with Gasteiger partial charge in [-0.05, 0) is 12.8 Å². The lowest BCUT2D eigenvalue weighted by Gasteiger charge is -2.48. The highest BCUT2D eigenvalue weighted by Gasteiger charge is 2.56. The highest BCUT2D eigenvalue weighted by atomic mass is 31.2. The van der Waals surface area contributed by atoms with Crippen molar-refractivity contribution in [3.8, 4) is 0 Å². The standard InChI is InChI=1S/C46H86NO20P/c1-3-5-7-9-11-13-15-17-19-21-23-25-34(49)61-28-31(64-35(50)26-24-22-20-18-16-14-12-10-8-6-4-2)29-63-68(59,60)67-44-42(62-30-32(47)45(57)58)39(54)38(53)40(55)43(44)66-46-41(56)37(52)36(51)33(27-48)65-46/h31-33,36-44,46,48,51-56H,3-30,47H2,1-2H3,(H,57,58)(H,59,60)/t31-,32-,33?,36-,37?,38?,39+,40?,41?,42+,43-,44?,46-/m1/s1. The van der Waals surface area contributed by atoms with Crippen LogP contribution >= 0.6 is 7.82 Å². The zero-order valence-corrected chi connectivity index (χ0v) is 41.2. The van der Waals surface area contributed by atoms with Gasteiger partial charge in [0.05, 0.1) is 19.8 Å². The molecular formula is C46H86NO20P. The van der Waals surface area contributed by atoms with Gasteiger partial charge in [-0.3, -0.25) is 23.4 Å². The van der Waals surface area contributed by atoms with Crippen molar-refractivity contribution in [2.45, 2.75) is 247 Å². The molecule has 0 aromatic rings. The van der Waals surface area contributed by atoms with Crippen molar-refractivity contribution in [3.63, 3.8) is 0 Å². The Balaban J connectivity index is 2.16. The van der Waals surface area contributed by atoms with Crippen molar-refractivity contribution >= 4 is 25.7 Å². The predicted molar refractivity (Wildman–Crippen MR) is 246 cm³/mol. The summed E-state index contributed by atoms with van der Waals surface area (Å²) in [6.07, 6.45) is -0.233. The minimum atomic E-state index is -5.49. The number of phosphoric ester groups is 1. The van der Waals surface area contributed by atoms with Crippen LogP contribution in [0.5, 0.6) is 0 Å². The van der Waals surface area contributed by atoms with Crippen LogP contribution in [0, 0.1) is 0 Å². The first-order valence-corrected chi connectivity index (χ1v) is 26.6. The largest absolute Gasteiger partial charge is 0.480 e. The molecule has 2 aliphatic rings. The Morgan fingerprint density at radius 1 is 0.588 bits per heavy atom. The number of phosphoric acid groups is 1. The van der Waals surface area contributed by atoms with Crippen LogP contribution in [0.3, 0.4) is 0 Å². The summed E-state index contributed by atoms with van der Waals surface area (Å²) < 4.78 is 51.7. The van der Waals surface area contributed by atoms with Gasteiger partial charge < -0.3 is 75.2 Å². The first kappa shape index (κ1) is 62.2. The average Bonchev–Trinajstić information content (AvgIpc) is 3.30.